The van der Waals surface area contributed by atoms with Gasteiger partial charge >= 0.3 is 0 Å². The summed E-state index contributed by atoms with van der Waals surface area (Å²) < 4.78 is 7.42. The number of carbonyl (C=O) groups excluding carboxylic acids is 1. The predicted octanol–water partition coefficient (Wildman–Crippen LogP) is 1.56. The van der Waals surface area contributed by atoms with Crippen molar-refractivity contribution in [3.8, 4) is 5.75 Å². The van der Waals surface area contributed by atoms with Crippen LogP contribution in [-0.2, 0) is 13.6 Å². The minimum Gasteiger partial charge on any atom is -0.486 e. The first kappa shape index (κ1) is 15.2. The molecule has 1 amide bonds. The summed E-state index contributed by atoms with van der Waals surface area (Å²) in [5.41, 5.74) is 12.6. The molecule has 7 nitrogen and oxygen atoms in total. The Morgan fingerprint density at radius 1 is 1.57 bits per heavy atom. The Hall–Kier alpha value is -2.22. The number of ether oxygens (including phenoxy) is 1. The summed E-state index contributed by atoms with van der Waals surface area (Å²) in [5.74, 6) is -0.0757. The van der Waals surface area contributed by atoms with Crippen molar-refractivity contribution in [1.29, 1.82) is 0 Å². The van der Waals surface area contributed by atoms with Gasteiger partial charge < -0.3 is 21.5 Å². The molecule has 2 aromatic heterocycles. The first-order chi connectivity index (χ1) is 9.88. The van der Waals surface area contributed by atoms with Crippen molar-refractivity contribution in [3.05, 3.63) is 22.8 Å². The van der Waals surface area contributed by atoms with Gasteiger partial charge in [0, 0.05) is 25.4 Å². The Balaban J connectivity index is 2.24. The van der Waals surface area contributed by atoms with Crippen LogP contribution in [0.4, 0.5) is 10.7 Å². The van der Waals surface area contributed by atoms with Gasteiger partial charge in [-0.3, -0.25) is 9.48 Å². The molecule has 0 aliphatic carbocycles. The molecule has 0 saturated heterocycles. The molecule has 5 N–H and O–H groups in total. The number of primary amides is 1. The van der Waals surface area contributed by atoms with Crippen molar-refractivity contribution in [2.75, 3.05) is 11.1 Å². The number of hydrogen-bond donors (Lipinski definition) is 3. The highest BCUT2D eigenvalue weighted by Gasteiger charge is 2.21. The molecule has 21 heavy (non-hydrogen) atoms. The van der Waals surface area contributed by atoms with Crippen molar-refractivity contribution < 1.29 is 9.53 Å². The van der Waals surface area contributed by atoms with Gasteiger partial charge in [0.25, 0.3) is 5.91 Å². The third-order valence-electron chi connectivity index (χ3n) is 2.69. The summed E-state index contributed by atoms with van der Waals surface area (Å²) in [4.78, 5) is 11.7. The molecule has 0 radical (unpaired) electrons. The van der Waals surface area contributed by atoms with Gasteiger partial charge in [-0.1, -0.05) is 0 Å². The number of aryl methyl sites for hydroxylation is 1. The Labute approximate surface area is 126 Å². The highest BCUT2D eigenvalue weighted by molar-refractivity contribution is 7.19. The molecule has 114 valence electrons. The Kier molecular flexibility index (Phi) is 4.37. The molecule has 0 aliphatic rings. The average molecular weight is 309 g/mol. The molecular formula is C13H19N5O2S. The summed E-state index contributed by atoms with van der Waals surface area (Å²) in [6.45, 7) is 4.35. The zero-order valence-corrected chi connectivity index (χ0v) is 13.0. The molecule has 2 heterocycles. The van der Waals surface area contributed by atoms with Crippen molar-refractivity contribution >= 4 is 27.9 Å². The van der Waals surface area contributed by atoms with Crippen LogP contribution in [0.2, 0.25) is 0 Å². The molecule has 0 aromatic carbocycles. The van der Waals surface area contributed by atoms with Gasteiger partial charge in [-0.05, 0) is 13.8 Å². The van der Waals surface area contributed by atoms with Crippen LogP contribution in [-0.4, -0.2) is 21.8 Å². The van der Waals surface area contributed by atoms with E-state index in [0.717, 1.165) is 5.56 Å². The van der Waals surface area contributed by atoms with E-state index < -0.39 is 5.91 Å². The lowest BCUT2D eigenvalue weighted by atomic mass is 10.3. The minimum atomic E-state index is -0.555. The lowest BCUT2D eigenvalue weighted by molar-refractivity contribution is 0.100. The topological polar surface area (TPSA) is 108 Å². The van der Waals surface area contributed by atoms with E-state index in [1.807, 2.05) is 27.1 Å². The van der Waals surface area contributed by atoms with E-state index in [1.165, 1.54) is 11.3 Å². The molecule has 2 rings (SSSR count). The minimum absolute atomic E-state index is 0.0541. The molecule has 0 fully saturated rings. The van der Waals surface area contributed by atoms with Crippen molar-refractivity contribution in [2.45, 2.75) is 26.5 Å². The predicted molar refractivity (Wildman–Crippen MR) is 83.5 cm³/mol. The van der Waals surface area contributed by atoms with Gasteiger partial charge in [-0.2, -0.15) is 5.10 Å². The van der Waals surface area contributed by atoms with E-state index in [-0.39, 0.29) is 11.8 Å². The van der Waals surface area contributed by atoms with Crippen molar-refractivity contribution in [1.82, 2.24) is 9.78 Å². The van der Waals surface area contributed by atoms with Gasteiger partial charge in [0.1, 0.15) is 15.6 Å². The van der Waals surface area contributed by atoms with Crippen molar-refractivity contribution in [2.24, 2.45) is 12.8 Å². The number of nitrogens with two attached hydrogens (primary N) is 2. The maximum Gasteiger partial charge on any atom is 0.261 e. The standard InChI is InChI=1S/C13H19N5O2S/c1-7(2)20-10-9(14)11(12(15)19)21-13(10)16-4-8-5-17-18(3)6-8/h5-7,16H,4,14H2,1-3H3,(H2,15,19). The molecule has 0 saturated carbocycles. The summed E-state index contributed by atoms with van der Waals surface area (Å²) in [6.07, 6.45) is 3.62. The summed E-state index contributed by atoms with van der Waals surface area (Å²) in [7, 11) is 1.85. The SMILES string of the molecule is CC(C)Oc1c(NCc2cnn(C)c2)sc(C(N)=O)c1N. The van der Waals surface area contributed by atoms with Crippen LogP contribution in [0, 0.1) is 0 Å². The number of nitrogens with one attached hydrogen (secondary N) is 1. The molecule has 8 heteroatoms. The van der Waals surface area contributed by atoms with Gasteiger partial charge in [0.15, 0.2) is 5.75 Å². The molecule has 0 spiro atoms. The van der Waals surface area contributed by atoms with E-state index in [2.05, 4.69) is 10.4 Å². The lowest BCUT2D eigenvalue weighted by Crippen LogP contribution is -2.12. The maximum absolute atomic E-state index is 11.4. The number of anilines is 2. The summed E-state index contributed by atoms with van der Waals surface area (Å²) >= 11 is 1.20. The smallest absolute Gasteiger partial charge is 0.261 e. The number of nitrogen functional groups attached to an aromatic ring is 1. The van der Waals surface area contributed by atoms with Crippen LogP contribution >= 0.6 is 11.3 Å². The van der Waals surface area contributed by atoms with Crippen LogP contribution in [0.3, 0.4) is 0 Å². The largest absolute Gasteiger partial charge is 0.486 e. The first-order valence-electron chi connectivity index (χ1n) is 6.48. The quantitative estimate of drug-likeness (QED) is 0.750. The Bertz CT molecular complexity index is 647. The van der Waals surface area contributed by atoms with Crippen LogP contribution in [0.25, 0.3) is 0 Å². The monoisotopic (exact) mass is 309 g/mol. The van der Waals surface area contributed by atoms with E-state index in [0.29, 0.717) is 22.2 Å². The fourth-order valence-corrected chi connectivity index (χ4v) is 2.73. The van der Waals surface area contributed by atoms with E-state index in [4.69, 9.17) is 16.2 Å². The van der Waals surface area contributed by atoms with Crippen molar-refractivity contribution in [3.63, 3.8) is 0 Å². The highest BCUT2D eigenvalue weighted by atomic mass is 32.1. The summed E-state index contributed by atoms with van der Waals surface area (Å²) in [6, 6.07) is 0. The number of thiophene rings is 1. The fourth-order valence-electron chi connectivity index (χ4n) is 1.83. The molecule has 0 atom stereocenters. The van der Waals surface area contributed by atoms with Gasteiger partial charge in [-0.25, -0.2) is 0 Å². The second kappa shape index (κ2) is 6.04. The fraction of sp³-hybridized carbons (Fsp3) is 0.385. The second-order valence-electron chi connectivity index (χ2n) is 4.91. The first-order valence-corrected chi connectivity index (χ1v) is 7.30. The van der Waals surface area contributed by atoms with Gasteiger partial charge in [-0.15, -0.1) is 11.3 Å². The number of amides is 1. The summed E-state index contributed by atoms with van der Waals surface area (Å²) in [5, 5.41) is 8.01. The van der Waals surface area contributed by atoms with E-state index in [9.17, 15) is 4.79 Å². The Morgan fingerprint density at radius 3 is 2.81 bits per heavy atom. The molecule has 2 aromatic rings. The van der Waals surface area contributed by atoms with E-state index in [1.54, 1.807) is 10.9 Å². The average Bonchev–Trinajstić information content (AvgIpc) is 2.93. The molecule has 0 aliphatic heterocycles. The number of aromatic nitrogens is 2. The zero-order chi connectivity index (χ0) is 15.6. The normalized spacial score (nSPS) is 10.9. The van der Waals surface area contributed by atoms with Crippen LogP contribution < -0.4 is 21.5 Å². The number of hydrogen-bond acceptors (Lipinski definition) is 6. The maximum atomic E-state index is 11.4. The number of carbonyl (C=O) groups is 1. The van der Waals surface area contributed by atoms with Crippen LogP contribution in [0.15, 0.2) is 12.4 Å². The molecule has 0 bridgehead atoms. The van der Waals surface area contributed by atoms with E-state index >= 15 is 0 Å². The molecular weight excluding hydrogens is 290 g/mol. The van der Waals surface area contributed by atoms with Crippen LogP contribution in [0.1, 0.15) is 29.1 Å². The third kappa shape index (κ3) is 3.46. The number of nitrogens with zero attached hydrogens (tertiary/aromatic N) is 2. The Morgan fingerprint density at radius 2 is 2.29 bits per heavy atom. The second-order valence-corrected chi connectivity index (χ2v) is 5.93. The molecule has 0 unspecified atom stereocenters. The number of rotatable bonds is 6. The zero-order valence-electron chi connectivity index (χ0n) is 12.2. The highest BCUT2D eigenvalue weighted by Crippen LogP contribution is 2.43. The third-order valence-corrected chi connectivity index (χ3v) is 3.85. The lowest BCUT2D eigenvalue weighted by Gasteiger charge is -2.12. The van der Waals surface area contributed by atoms with Crippen LogP contribution in [0.5, 0.6) is 5.75 Å². The van der Waals surface area contributed by atoms with Gasteiger partial charge in [0.05, 0.1) is 12.3 Å². The van der Waals surface area contributed by atoms with Gasteiger partial charge in [0.2, 0.25) is 0 Å².